The SMILES string of the molecule is CN/C(OC)=C(/C)C(=N)c1ccc(OCc2c(Cl)cccc2N(N)C(=O)N(C)N)c(C)c1. The molecule has 0 aliphatic carbocycles. The monoisotopic (exact) mass is 460 g/mol. The second-order valence-corrected chi connectivity index (χ2v) is 7.46. The lowest BCUT2D eigenvalue weighted by Crippen LogP contribution is -2.49. The zero-order valence-corrected chi connectivity index (χ0v) is 19.6. The van der Waals surface area contributed by atoms with Crippen LogP contribution in [0, 0.1) is 12.3 Å². The number of aryl methyl sites for hydroxylation is 1. The number of ether oxygens (including phenoxy) is 2. The third-order valence-electron chi connectivity index (χ3n) is 4.84. The summed E-state index contributed by atoms with van der Waals surface area (Å²) in [5.41, 5.74) is 3.50. The van der Waals surface area contributed by atoms with E-state index in [0.29, 0.717) is 39.2 Å². The molecule has 0 saturated heterocycles. The highest BCUT2D eigenvalue weighted by Crippen LogP contribution is 2.29. The number of carbonyl (C=O) groups is 1. The lowest BCUT2D eigenvalue weighted by atomic mass is 10.0. The van der Waals surface area contributed by atoms with Gasteiger partial charge in [-0.25, -0.2) is 21.5 Å². The first kappa shape index (κ1) is 25.0. The molecule has 2 amide bonds. The van der Waals surface area contributed by atoms with Crippen LogP contribution < -0.4 is 26.7 Å². The molecule has 0 bridgehead atoms. The molecule has 2 aromatic rings. The first-order valence-corrected chi connectivity index (χ1v) is 10.1. The fourth-order valence-corrected chi connectivity index (χ4v) is 3.30. The number of anilines is 1. The third-order valence-corrected chi connectivity index (χ3v) is 5.20. The van der Waals surface area contributed by atoms with E-state index in [1.54, 1.807) is 44.5 Å². The molecule has 0 heterocycles. The van der Waals surface area contributed by atoms with Crippen LogP contribution in [0.25, 0.3) is 0 Å². The molecule has 0 atom stereocenters. The van der Waals surface area contributed by atoms with Crippen molar-refractivity contribution in [3.05, 3.63) is 69.6 Å². The van der Waals surface area contributed by atoms with Gasteiger partial charge >= 0.3 is 6.03 Å². The summed E-state index contributed by atoms with van der Waals surface area (Å²) in [5.74, 6) is 12.6. The van der Waals surface area contributed by atoms with Gasteiger partial charge in [0.15, 0.2) is 5.88 Å². The van der Waals surface area contributed by atoms with E-state index in [1.807, 2.05) is 19.9 Å². The standard InChI is InChI=1S/C22H29ClN6O3/c1-13-11-15(20(24)14(2)21(27-3)31-5)9-10-19(13)32-12-16-17(23)7-6-8-18(16)29(26)22(30)28(4)25/h6-11,24,27H,12,25-26H2,1-5H3/b21-14+,24-20?. The maximum absolute atomic E-state index is 12.2. The van der Waals surface area contributed by atoms with Gasteiger partial charge in [0.1, 0.15) is 12.4 Å². The molecule has 0 radical (unpaired) electrons. The first-order valence-electron chi connectivity index (χ1n) is 9.72. The van der Waals surface area contributed by atoms with Crippen molar-refractivity contribution < 1.29 is 14.3 Å². The van der Waals surface area contributed by atoms with E-state index in [4.69, 9.17) is 38.2 Å². The second-order valence-electron chi connectivity index (χ2n) is 7.05. The fraction of sp³-hybridized carbons (Fsp3) is 0.273. The second kappa shape index (κ2) is 10.9. The number of nitrogens with two attached hydrogens (primary N) is 2. The van der Waals surface area contributed by atoms with Crippen molar-refractivity contribution >= 4 is 29.0 Å². The van der Waals surface area contributed by atoms with E-state index in [-0.39, 0.29) is 6.61 Å². The Morgan fingerprint density at radius 1 is 1.25 bits per heavy atom. The van der Waals surface area contributed by atoms with Crippen LogP contribution in [-0.4, -0.2) is 38.0 Å². The summed E-state index contributed by atoms with van der Waals surface area (Å²) < 4.78 is 11.2. The molecule has 0 fully saturated rings. The van der Waals surface area contributed by atoms with E-state index in [1.165, 1.54) is 7.05 Å². The Morgan fingerprint density at radius 3 is 2.50 bits per heavy atom. The molecule has 32 heavy (non-hydrogen) atoms. The number of nitrogens with zero attached hydrogens (tertiary/aromatic N) is 2. The molecular formula is C22H29ClN6O3. The molecule has 6 N–H and O–H groups in total. The average molecular weight is 461 g/mol. The van der Waals surface area contributed by atoms with E-state index >= 15 is 0 Å². The van der Waals surface area contributed by atoms with Crippen molar-refractivity contribution in [2.75, 3.05) is 26.2 Å². The van der Waals surface area contributed by atoms with Gasteiger partial charge in [0.05, 0.1) is 18.5 Å². The Kier molecular flexibility index (Phi) is 8.48. The van der Waals surface area contributed by atoms with Gasteiger partial charge in [-0.1, -0.05) is 17.7 Å². The number of hydrogen-bond donors (Lipinski definition) is 4. The largest absolute Gasteiger partial charge is 0.488 e. The number of allylic oxidation sites excluding steroid dienone is 1. The fourth-order valence-electron chi connectivity index (χ4n) is 3.08. The molecule has 0 spiro atoms. The smallest absolute Gasteiger partial charge is 0.352 e. The number of nitrogens with one attached hydrogen (secondary N) is 2. The number of methoxy groups -OCH3 is 1. The van der Waals surface area contributed by atoms with Crippen molar-refractivity contribution in [3.8, 4) is 5.75 Å². The van der Waals surface area contributed by atoms with Gasteiger partial charge < -0.3 is 14.8 Å². The summed E-state index contributed by atoms with van der Waals surface area (Å²) in [6.07, 6.45) is 0. The highest BCUT2D eigenvalue weighted by molar-refractivity contribution is 6.31. The summed E-state index contributed by atoms with van der Waals surface area (Å²) >= 11 is 6.35. The van der Waals surface area contributed by atoms with Crippen LogP contribution in [0.2, 0.25) is 5.02 Å². The van der Waals surface area contributed by atoms with E-state index in [9.17, 15) is 4.79 Å². The molecule has 2 aromatic carbocycles. The zero-order valence-electron chi connectivity index (χ0n) is 18.8. The topological polar surface area (TPSA) is 130 Å². The lowest BCUT2D eigenvalue weighted by molar-refractivity contribution is 0.216. The molecule has 2 rings (SSSR count). The molecule has 172 valence electrons. The Bertz CT molecular complexity index is 1030. The Hall–Kier alpha value is -3.27. The Morgan fingerprint density at radius 2 is 1.94 bits per heavy atom. The normalized spacial score (nSPS) is 11.4. The van der Waals surface area contributed by atoms with Gasteiger partial charge in [0.25, 0.3) is 0 Å². The summed E-state index contributed by atoms with van der Waals surface area (Å²) in [4.78, 5) is 12.2. The van der Waals surface area contributed by atoms with Crippen LogP contribution in [0.3, 0.4) is 0 Å². The van der Waals surface area contributed by atoms with Crippen molar-refractivity contribution in [2.45, 2.75) is 20.5 Å². The van der Waals surface area contributed by atoms with Crippen LogP contribution >= 0.6 is 11.6 Å². The van der Waals surface area contributed by atoms with Crippen LogP contribution in [0.1, 0.15) is 23.6 Å². The first-order chi connectivity index (χ1) is 15.1. The molecule has 0 saturated carbocycles. The number of amides is 2. The quantitative estimate of drug-likeness (QED) is 0.157. The molecular weight excluding hydrogens is 432 g/mol. The average Bonchev–Trinajstić information content (AvgIpc) is 2.77. The molecule has 10 heteroatoms. The number of hydrogen-bond acceptors (Lipinski definition) is 7. The maximum atomic E-state index is 12.2. The van der Waals surface area contributed by atoms with Gasteiger partial charge in [-0.3, -0.25) is 10.4 Å². The summed E-state index contributed by atoms with van der Waals surface area (Å²) in [5, 5.41) is 13.6. The molecule has 0 aliphatic heterocycles. The van der Waals surface area contributed by atoms with Gasteiger partial charge in [-0.15, -0.1) is 0 Å². The Labute approximate surface area is 193 Å². The van der Waals surface area contributed by atoms with E-state index in [0.717, 1.165) is 21.1 Å². The molecule has 0 unspecified atom stereocenters. The minimum Gasteiger partial charge on any atom is -0.488 e. The maximum Gasteiger partial charge on any atom is 0.352 e. The summed E-state index contributed by atoms with van der Waals surface area (Å²) in [7, 11) is 4.69. The molecule has 0 aromatic heterocycles. The van der Waals surface area contributed by atoms with E-state index in [2.05, 4.69) is 5.32 Å². The predicted molar refractivity (Wildman–Crippen MR) is 127 cm³/mol. The molecule has 9 nitrogen and oxygen atoms in total. The third kappa shape index (κ3) is 5.50. The van der Waals surface area contributed by atoms with Crippen molar-refractivity contribution in [2.24, 2.45) is 11.7 Å². The van der Waals surface area contributed by atoms with E-state index < -0.39 is 6.03 Å². The van der Waals surface area contributed by atoms with Crippen LogP contribution in [0.15, 0.2) is 47.9 Å². The minimum atomic E-state index is -0.604. The molecule has 0 aliphatic rings. The van der Waals surface area contributed by atoms with Crippen LogP contribution in [0.4, 0.5) is 10.5 Å². The highest BCUT2D eigenvalue weighted by atomic mass is 35.5. The highest BCUT2D eigenvalue weighted by Gasteiger charge is 2.20. The number of halogens is 1. The minimum absolute atomic E-state index is 0.0778. The number of hydrazine groups is 2. The summed E-state index contributed by atoms with van der Waals surface area (Å²) in [6, 6.07) is 9.88. The van der Waals surface area contributed by atoms with Gasteiger partial charge in [-0.2, -0.15) is 0 Å². The number of carbonyl (C=O) groups excluding carboxylic acids is 1. The van der Waals surface area contributed by atoms with Crippen molar-refractivity contribution in [1.82, 2.24) is 10.3 Å². The number of rotatable bonds is 8. The van der Waals surface area contributed by atoms with Gasteiger partial charge in [-0.05, 0) is 49.7 Å². The van der Waals surface area contributed by atoms with Crippen molar-refractivity contribution in [1.29, 1.82) is 5.41 Å². The Balaban J connectivity index is 2.27. The summed E-state index contributed by atoms with van der Waals surface area (Å²) in [6.45, 7) is 3.78. The van der Waals surface area contributed by atoms with Crippen molar-refractivity contribution in [3.63, 3.8) is 0 Å². The predicted octanol–water partition coefficient (Wildman–Crippen LogP) is 3.30. The number of benzene rings is 2. The van der Waals surface area contributed by atoms with Crippen LogP contribution in [-0.2, 0) is 11.3 Å². The lowest BCUT2D eigenvalue weighted by Gasteiger charge is -2.24. The number of urea groups is 1. The van der Waals surface area contributed by atoms with Gasteiger partial charge in [0, 0.05) is 35.8 Å². The zero-order chi connectivity index (χ0) is 24.0. The van der Waals surface area contributed by atoms with Crippen LogP contribution in [0.5, 0.6) is 5.75 Å². The van der Waals surface area contributed by atoms with Gasteiger partial charge in [0.2, 0.25) is 0 Å².